The van der Waals surface area contributed by atoms with Gasteiger partial charge < -0.3 is 5.32 Å². The predicted molar refractivity (Wildman–Crippen MR) is 54.9 cm³/mol. The second-order valence-electron chi connectivity index (χ2n) is 3.21. The van der Waals surface area contributed by atoms with Crippen molar-refractivity contribution in [2.45, 2.75) is 6.42 Å². The first-order chi connectivity index (χ1) is 7.29. The van der Waals surface area contributed by atoms with Crippen molar-refractivity contribution >= 4 is 11.0 Å². The molecular weight excluding hydrogens is 195 g/mol. The lowest BCUT2D eigenvalue weighted by atomic mass is 10.3. The van der Waals surface area contributed by atoms with Gasteiger partial charge in [-0.15, -0.1) is 10.2 Å². The van der Waals surface area contributed by atoms with Gasteiger partial charge in [-0.1, -0.05) is 0 Å². The molecule has 78 valence electrons. The van der Waals surface area contributed by atoms with Crippen molar-refractivity contribution in [1.29, 1.82) is 0 Å². The van der Waals surface area contributed by atoms with E-state index in [0.717, 1.165) is 13.0 Å². The number of halogens is 1. The van der Waals surface area contributed by atoms with E-state index in [1.807, 2.05) is 7.05 Å². The maximum atomic E-state index is 12.8. The van der Waals surface area contributed by atoms with E-state index in [-0.39, 0.29) is 5.82 Å². The fourth-order valence-corrected chi connectivity index (χ4v) is 1.29. The molecule has 0 bridgehead atoms. The summed E-state index contributed by atoms with van der Waals surface area (Å²) in [5.41, 5.74) is 1.17. The highest BCUT2D eigenvalue weighted by molar-refractivity contribution is 5.73. The normalized spacial score (nSPS) is 10.8. The van der Waals surface area contributed by atoms with Crippen LogP contribution in [-0.4, -0.2) is 28.8 Å². The molecule has 0 aliphatic heterocycles. The Bertz CT molecular complexity index is 472. The summed E-state index contributed by atoms with van der Waals surface area (Å²) < 4.78 is 12.8. The molecule has 0 fully saturated rings. The summed E-state index contributed by atoms with van der Waals surface area (Å²) in [5.74, 6) is 0.352. The van der Waals surface area contributed by atoms with Gasteiger partial charge in [0.1, 0.15) is 11.3 Å². The largest absolute Gasteiger partial charge is 0.319 e. The van der Waals surface area contributed by atoms with Crippen LogP contribution in [0, 0.1) is 5.82 Å². The van der Waals surface area contributed by atoms with Crippen LogP contribution in [0.3, 0.4) is 0 Å². The molecule has 0 atom stereocenters. The van der Waals surface area contributed by atoms with Crippen LogP contribution >= 0.6 is 0 Å². The predicted octanol–water partition coefficient (Wildman–Crippen LogP) is 0.926. The highest BCUT2D eigenvalue weighted by Crippen LogP contribution is 2.09. The number of rotatable bonds is 3. The highest BCUT2D eigenvalue weighted by atomic mass is 19.1. The second kappa shape index (κ2) is 4.27. The zero-order valence-electron chi connectivity index (χ0n) is 8.37. The van der Waals surface area contributed by atoms with Gasteiger partial charge in [0.2, 0.25) is 0 Å². The number of nitrogens with one attached hydrogen (secondary N) is 1. The van der Waals surface area contributed by atoms with E-state index < -0.39 is 0 Å². The Hall–Kier alpha value is -1.62. The monoisotopic (exact) mass is 206 g/mol. The van der Waals surface area contributed by atoms with E-state index in [1.54, 1.807) is 6.07 Å². The Kier molecular flexibility index (Phi) is 2.82. The van der Waals surface area contributed by atoms with Gasteiger partial charge in [0.25, 0.3) is 0 Å². The van der Waals surface area contributed by atoms with Crippen molar-refractivity contribution in [3.63, 3.8) is 0 Å². The van der Waals surface area contributed by atoms with Crippen molar-refractivity contribution < 1.29 is 4.39 Å². The summed E-state index contributed by atoms with van der Waals surface area (Å²) in [6.45, 7) is 0.800. The molecular formula is C10H11FN4. The highest BCUT2D eigenvalue weighted by Gasteiger charge is 2.02. The fraction of sp³-hybridized carbons (Fsp3) is 0.300. The SMILES string of the molecule is CNCCc1nnc2cc(F)ccc2n1. The molecule has 5 heteroatoms. The van der Waals surface area contributed by atoms with Gasteiger partial charge in [-0.05, 0) is 19.2 Å². The van der Waals surface area contributed by atoms with Crippen LogP contribution in [0.25, 0.3) is 11.0 Å². The minimum atomic E-state index is -0.318. The maximum absolute atomic E-state index is 12.8. The molecule has 0 saturated carbocycles. The molecule has 0 spiro atoms. The van der Waals surface area contributed by atoms with Crippen LogP contribution in [-0.2, 0) is 6.42 Å². The molecule has 1 aromatic carbocycles. The van der Waals surface area contributed by atoms with Crippen molar-refractivity contribution in [2.75, 3.05) is 13.6 Å². The Morgan fingerprint density at radius 1 is 1.27 bits per heavy atom. The minimum Gasteiger partial charge on any atom is -0.319 e. The number of aromatic nitrogens is 3. The molecule has 0 aliphatic carbocycles. The average molecular weight is 206 g/mol. The van der Waals surface area contributed by atoms with Gasteiger partial charge in [-0.25, -0.2) is 9.37 Å². The van der Waals surface area contributed by atoms with E-state index >= 15 is 0 Å². The van der Waals surface area contributed by atoms with Crippen LogP contribution in [0.15, 0.2) is 18.2 Å². The van der Waals surface area contributed by atoms with Gasteiger partial charge in [-0.2, -0.15) is 0 Å². The Morgan fingerprint density at radius 2 is 2.13 bits per heavy atom. The van der Waals surface area contributed by atoms with Crippen LogP contribution in [0.4, 0.5) is 4.39 Å². The van der Waals surface area contributed by atoms with Gasteiger partial charge in [0.05, 0.1) is 5.52 Å². The molecule has 0 radical (unpaired) electrons. The van der Waals surface area contributed by atoms with Crippen molar-refractivity contribution in [2.24, 2.45) is 0 Å². The summed E-state index contributed by atoms with van der Waals surface area (Å²) in [4.78, 5) is 4.27. The second-order valence-corrected chi connectivity index (χ2v) is 3.21. The summed E-state index contributed by atoms with van der Waals surface area (Å²) in [7, 11) is 1.86. The molecule has 0 unspecified atom stereocenters. The standard InChI is InChI=1S/C10H11FN4/c1-12-5-4-10-13-8-3-2-7(11)6-9(8)14-15-10/h2-3,6,12H,4-5H2,1H3. The Labute approximate surface area is 86.6 Å². The Morgan fingerprint density at radius 3 is 2.93 bits per heavy atom. The van der Waals surface area contributed by atoms with Gasteiger partial charge in [0, 0.05) is 19.0 Å². The third kappa shape index (κ3) is 2.24. The maximum Gasteiger partial charge on any atom is 0.152 e. The van der Waals surface area contributed by atoms with Gasteiger partial charge in [0.15, 0.2) is 5.82 Å². The molecule has 1 aromatic heterocycles. The molecule has 15 heavy (non-hydrogen) atoms. The Balaban J connectivity index is 2.34. The molecule has 0 saturated heterocycles. The zero-order valence-corrected chi connectivity index (χ0v) is 8.37. The van der Waals surface area contributed by atoms with Crippen LogP contribution in [0.5, 0.6) is 0 Å². The van der Waals surface area contributed by atoms with Gasteiger partial charge >= 0.3 is 0 Å². The lowest BCUT2D eigenvalue weighted by Crippen LogP contribution is -2.12. The summed E-state index contributed by atoms with van der Waals surface area (Å²) in [5, 5.41) is 10.8. The van der Waals surface area contributed by atoms with Crippen molar-refractivity contribution in [3.05, 3.63) is 29.8 Å². The van der Waals surface area contributed by atoms with Crippen molar-refractivity contribution in [1.82, 2.24) is 20.5 Å². The van der Waals surface area contributed by atoms with Crippen LogP contribution in [0.1, 0.15) is 5.82 Å². The first kappa shape index (κ1) is 9.92. The molecule has 0 aliphatic rings. The summed E-state index contributed by atoms with van der Waals surface area (Å²) in [6, 6.07) is 4.32. The number of hydrogen-bond donors (Lipinski definition) is 1. The molecule has 1 heterocycles. The quantitative estimate of drug-likeness (QED) is 0.811. The van der Waals surface area contributed by atoms with E-state index in [0.29, 0.717) is 16.9 Å². The van der Waals surface area contributed by atoms with E-state index in [1.165, 1.54) is 12.1 Å². The van der Waals surface area contributed by atoms with Crippen LogP contribution in [0.2, 0.25) is 0 Å². The zero-order chi connectivity index (χ0) is 10.7. The number of likely N-dealkylation sites (N-methyl/N-ethyl adjacent to an activating group) is 1. The third-order valence-electron chi connectivity index (χ3n) is 2.06. The number of fused-ring (bicyclic) bond motifs is 1. The van der Waals surface area contributed by atoms with E-state index in [9.17, 15) is 4.39 Å². The first-order valence-electron chi connectivity index (χ1n) is 4.73. The van der Waals surface area contributed by atoms with Gasteiger partial charge in [-0.3, -0.25) is 0 Å². The van der Waals surface area contributed by atoms with Crippen LogP contribution < -0.4 is 5.32 Å². The summed E-state index contributed by atoms with van der Waals surface area (Å²) in [6.07, 6.45) is 0.719. The molecule has 4 nitrogen and oxygen atoms in total. The lowest BCUT2D eigenvalue weighted by Gasteiger charge is -2.00. The number of benzene rings is 1. The molecule has 1 N–H and O–H groups in total. The number of nitrogens with zero attached hydrogens (tertiary/aromatic N) is 3. The summed E-state index contributed by atoms with van der Waals surface area (Å²) >= 11 is 0. The third-order valence-corrected chi connectivity index (χ3v) is 2.06. The average Bonchev–Trinajstić information content (AvgIpc) is 2.26. The lowest BCUT2D eigenvalue weighted by molar-refractivity contribution is 0.628. The molecule has 2 aromatic rings. The minimum absolute atomic E-state index is 0.318. The molecule has 2 rings (SSSR count). The van der Waals surface area contributed by atoms with Crippen molar-refractivity contribution in [3.8, 4) is 0 Å². The topological polar surface area (TPSA) is 50.7 Å². The fourth-order valence-electron chi connectivity index (χ4n) is 1.29. The first-order valence-corrected chi connectivity index (χ1v) is 4.73. The van der Waals surface area contributed by atoms with E-state index in [4.69, 9.17) is 0 Å². The number of hydrogen-bond acceptors (Lipinski definition) is 4. The van der Waals surface area contributed by atoms with E-state index in [2.05, 4.69) is 20.5 Å². The smallest absolute Gasteiger partial charge is 0.152 e. The molecule has 0 amide bonds.